The van der Waals surface area contributed by atoms with Crippen molar-refractivity contribution in [2.75, 3.05) is 52.8 Å². The number of hydrogen-bond acceptors (Lipinski definition) is 9. The number of carbonyl (C=O) groups is 4. The van der Waals surface area contributed by atoms with Gasteiger partial charge in [-0.15, -0.1) is 0 Å². The van der Waals surface area contributed by atoms with E-state index in [1.807, 2.05) is 26.0 Å². The number of nitrogens with zero attached hydrogens (tertiary/aromatic N) is 1. The molecule has 0 spiro atoms. The van der Waals surface area contributed by atoms with E-state index >= 15 is 0 Å². The molecule has 2 amide bonds. The van der Waals surface area contributed by atoms with Gasteiger partial charge in [0.15, 0.2) is 0 Å². The zero-order chi connectivity index (χ0) is 34.3. The molecule has 0 aliphatic heterocycles. The van der Waals surface area contributed by atoms with Crippen molar-refractivity contribution in [1.82, 2.24) is 20.9 Å². The van der Waals surface area contributed by atoms with Crippen molar-refractivity contribution in [3.8, 4) is 0 Å². The van der Waals surface area contributed by atoms with Crippen LogP contribution in [0.1, 0.15) is 128 Å². The topological polar surface area (TPSA) is 137 Å². The van der Waals surface area contributed by atoms with Gasteiger partial charge in [0, 0.05) is 37.4 Å². The lowest BCUT2D eigenvalue weighted by Crippen LogP contribution is -2.45. The highest BCUT2D eigenvalue weighted by atomic mass is 33.1. The van der Waals surface area contributed by atoms with Crippen LogP contribution in [0.25, 0.3) is 0 Å². The summed E-state index contributed by atoms with van der Waals surface area (Å²) in [6.45, 7) is 1.39. The van der Waals surface area contributed by atoms with Gasteiger partial charge in [-0.05, 0) is 46.8 Å². The third kappa shape index (κ3) is 27.6. The van der Waals surface area contributed by atoms with Gasteiger partial charge in [0.2, 0.25) is 11.8 Å². The van der Waals surface area contributed by atoms with Crippen molar-refractivity contribution in [3.63, 3.8) is 0 Å². The minimum atomic E-state index is -0.705. The second-order valence-corrected chi connectivity index (χ2v) is 14.9. The predicted molar refractivity (Wildman–Crippen MR) is 193 cm³/mol. The van der Waals surface area contributed by atoms with Crippen molar-refractivity contribution < 1.29 is 29.0 Å². The average molecular weight is 691 g/mol. The number of unbranched alkanes of at least 4 members (excludes halogenated alkanes) is 16. The van der Waals surface area contributed by atoms with E-state index in [1.54, 1.807) is 21.6 Å². The maximum atomic E-state index is 12.8. The number of hydrogen-bond donors (Lipinski definition) is 4. The fraction of sp³-hybridized carbons (Fsp3) is 0.882. The molecule has 270 valence electrons. The van der Waals surface area contributed by atoms with Crippen LogP contribution in [-0.4, -0.2) is 98.7 Å². The number of methoxy groups -OCH3 is 1. The van der Waals surface area contributed by atoms with E-state index in [0.29, 0.717) is 31.0 Å². The Balaban J connectivity index is 3.88. The van der Waals surface area contributed by atoms with Crippen LogP contribution >= 0.6 is 21.6 Å². The van der Waals surface area contributed by atoms with Gasteiger partial charge in [0.25, 0.3) is 0 Å². The second-order valence-electron chi connectivity index (χ2n) is 12.3. The lowest BCUT2D eigenvalue weighted by Gasteiger charge is -2.23. The molecule has 0 aromatic carbocycles. The smallest absolute Gasteiger partial charge is 0.305 e. The molecule has 0 aliphatic rings. The van der Waals surface area contributed by atoms with Crippen molar-refractivity contribution in [1.29, 1.82) is 0 Å². The number of likely N-dealkylation sites (N-methyl/N-ethyl adjacent to an activating group) is 2. The minimum absolute atomic E-state index is 0.0227. The number of amides is 2. The fourth-order valence-corrected chi connectivity index (χ4v) is 7.61. The van der Waals surface area contributed by atoms with Crippen molar-refractivity contribution >= 4 is 45.3 Å². The average Bonchev–Trinajstić information content (AvgIpc) is 3.03. The summed E-state index contributed by atoms with van der Waals surface area (Å²) in [4.78, 5) is 49.0. The third-order valence-electron chi connectivity index (χ3n) is 8.09. The van der Waals surface area contributed by atoms with E-state index < -0.39 is 5.97 Å². The zero-order valence-corrected chi connectivity index (χ0v) is 31.0. The standard InChI is InChI=1S/C34H66N4O6S2/c1-35-29(33(42)36-25-21-17-13-9-5-7-11-15-19-23-31(39)40)27-45-46-28-30(38(2)3)34(43)37-26-22-18-14-10-6-8-12-16-20-24-32(41)44-4/h29-30,35H,5-28H2,1-4H3,(H,36,42)(H,37,43)(H,39,40). The number of aliphatic carboxylic acids is 1. The number of ether oxygens (including phenoxy) is 1. The van der Waals surface area contributed by atoms with Crippen LogP contribution < -0.4 is 16.0 Å². The van der Waals surface area contributed by atoms with Crippen molar-refractivity contribution in [2.24, 2.45) is 0 Å². The molecule has 0 saturated carbocycles. The Labute approximate surface area is 287 Å². The van der Waals surface area contributed by atoms with Gasteiger partial charge >= 0.3 is 11.9 Å². The summed E-state index contributed by atoms with van der Waals surface area (Å²) in [5.74, 6) is 0.548. The summed E-state index contributed by atoms with van der Waals surface area (Å²) >= 11 is 0. The SMILES string of the molecule is CNC(CSSCC(C(=O)NCCCCCCCCCCCC(=O)OC)N(C)C)C(=O)NCCCCCCCCCCCC(=O)O. The number of carboxylic acids is 1. The molecular formula is C34H66N4O6S2. The molecule has 0 aliphatic carbocycles. The summed E-state index contributed by atoms with van der Waals surface area (Å²) in [6, 6.07) is -0.479. The Morgan fingerprint density at radius 3 is 1.48 bits per heavy atom. The number of nitrogens with one attached hydrogen (secondary N) is 3. The normalized spacial score (nSPS) is 12.5. The minimum Gasteiger partial charge on any atom is -0.481 e. The Morgan fingerprint density at radius 1 is 0.630 bits per heavy atom. The van der Waals surface area contributed by atoms with Crippen molar-refractivity contribution in [3.05, 3.63) is 0 Å². The van der Waals surface area contributed by atoms with Crippen LogP contribution in [0.5, 0.6) is 0 Å². The van der Waals surface area contributed by atoms with Gasteiger partial charge in [-0.2, -0.15) is 0 Å². The molecule has 0 radical (unpaired) electrons. The first-order valence-electron chi connectivity index (χ1n) is 17.6. The summed E-state index contributed by atoms with van der Waals surface area (Å²) < 4.78 is 4.66. The van der Waals surface area contributed by atoms with Crippen LogP contribution in [0.2, 0.25) is 0 Å². The summed E-state index contributed by atoms with van der Waals surface area (Å²) in [5, 5.41) is 17.9. The van der Waals surface area contributed by atoms with Gasteiger partial charge in [0.05, 0.1) is 19.2 Å². The Morgan fingerprint density at radius 2 is 1.04 bits per heavy atom. The number of carboxylic acid groups (broad SMARTS) is 1. The van der Waals surface area contributed by atoms with E-state index in [0.717, 1.165) is 64.2 Å². The first kappa shape index (κ1) is 44.5. The Bertz CT molecular complexity index is 791. The van der Waals surface area contributed by atoms with Crippen LogP contribution in [0, 0.1) is 0 Å². The maximum Gasteiger partial charge on any atom is 0.305 e. The largest absolute Gasteiger partial charge is 0.481 e. The highest BCUT2D eigenvalue weighted by Gasteiger charge is 2.22. The number of carbonyl (C=O) groups excluding carboxylic acids is 3. The molecular weight excluding hydrogens is 625 g/mol. The van der Waals surface area contributed by atoms with Gasteiger partial charge in [-0.3, -0.25) is 24.1 Å². The number of esters is 1. The molecule has 0 aromatic rings. The summed E-state index contributed by atoms with van der Waals surface area (Å²) in [6.07, 6.45) is 20.6. The van der Waals surface area contributed by atoms with E-state index in [1.165, 1.54) is 58.5 Å². The van der Waals surface area contributed by atoms with Crippen LogP contribution in [0.3, 0.4) is 0 Å². The molecule has 46 heavy (non-hydrogen) atoms. The molecule has 0 rings (SSSR count). The molecule has 0 fully saturated rings. The van der Waals surface area contributed by atoms with Gasteiger partial charge in [-0.1, -0.05) is 111 Å². The Hall–Kier alpha value is -1.50. The monoisotopic (exact) mass is 690 g/mol. The van der Waals surface area contributed by atoms with Gasteiger partial charge in [-0.25, -0.2) is 0 Å². The van der Waals surface area contributed by atoms with Gasteiger partial charge < -0.3 is 25.8 Å². The van der Waals surface area contributed by atoms with E-state index in [-0.39, 0.29) is 36.3 Å². The third-order valence-corrected chi connectivity index (χ3v) is 10.5. The van der Waals surface area contributed by atoms with Crippen LogP contribution in [0.4, 0.5) is 0 Å². The first-order chi connectivity index (χ1) is 22.2. The molecule has 0 heterocycles. The van der Waals surface area contributed by atoms with Gasteiger partial charge in [0.1, 0.15) is 0 Å². The first-order valence-corrected chi connectivity index (χ1v) is 20.1. The van der Waals surface area contributed by atoms with E-state index in [4.69, 9.17) is 5.11 Å². The maximum absolute atomic E-state index is 12.8. The molecule has 10 nitrogen and oxygen atoms in total. The highest BCUT2D eigenvalue weighted by molar-refractivity contribution is 8.76. The predicted octanol–water partition coefficient (Wildman–Crippen LogP) is 6.18. The summed E-state index contributed by atoms with van der Waals surface area (Å²) in [7, 11) is 10.4. The summed E-state index contributed by atoms with van der Waals surface area (Å²) in [5.41, 5.74) is 0. The van der Waals surface area contributed by atoms with E-state index in [2.05, 4.69) is 20.7 Å². The second kappa shape index (κ2) is 32.1. The molecule has 2 unspecified atom stereocenters. The molecule has 0 saturated heterocycles. The Kier molecular flexibility index (Phi) is 31.0. The van der Waals surface area contributed by atoms with E-state index in [9.17, 15) is 19.2 Å². The fourth-order valence-electron chi connectivity index (χ4n) is 5.01. The molecule has 12 heteroatoms. The quantitative estimate of drug-likeness (QED) is 0.0359. The highest BCUT2D eigenvalue weighted by Crippen LogP contribution is 2.24. The number of rotatable bonds is 33. The van der Waals surface area contributed by atoms with Crippen LogP contribution in [0.15, 0.2) is 0 Å². The lowest BCUT2D eigenvalue weighted by atomic mass is 10.1. The van der Waals surface area contributed by atoms with Crippen LogP contribution in [-0.2, 0) is 23.9 Å². The van der Waals surface area contributed by atoms with Crippen molar-refractivity contribution in [2.45, 2.75) is 141 Å². The molecule has 0 bridgehead atoms. The lowest BCUT2D eigenvalue weighted by molar-refractivity contribution is -0.141. The zero-order valence-electron chi connectivity index (χ0n) is 29.4. The molecule has 0 aromatic heterocycles. The molecule has 2 atom stereocenters. The molecule has 4 N–H and O–H groups in total.